The van der Waals surface area contributed by atoms with Gasteiger partial charge in [0.1, 0.15) is 11.9 Å². The Morgan fingerprint density at radius 3 is 2.38 bits per heavy atom. The quantitative estimate of drug-likeness (QED) is 0.828. The van der Waals surface area contributed by atoms with Gasteiger partial charge in [0.25, 0.3) is 5.91 Å². The Balaban J connectivity index is 1.48. The maximum absolute atomic E-state index is 12.4. The van der Waals surface area contributed by atoms with Crippen molar-refractivity contribution in [1.82, 2.24) is 9.80 Å². The normalized spacial score (nSPS) is 21.0. The van der Waals surface area contributed by atoms with Crippen LogP contribution in [0, 0.1) is 0 Å². The van der Waals surface area contributed by atoms with Crippen molar-refractivity contribution in [2.45, 2.75) is 25.4 Å². The third kappa shape index (κ3) is 3.87. The molecule has 24 heavy (non-hydrogen) atoms. The molecule has 0 N–H and O–H groups in total. The van der Waals surface area contributed by atoms with Crippen molar-refractivity contribution in [3.8, 4) is 5.75 Å². The minimum absolute atomic E-state index is 0.0785. The van der Waals surface area contributed by atoms with E-state index in [0.717, 1.165) is 24.2 Å². The van der Waals surface area contributed by atoms with Gasteiger partial charge >= 0.3 is 0 Å². The number of benzene rings is 1. The number of hydrogen-bond acceptors (Lipinski definition) is 4. The van der Waals surface area contributed by atoms with E-state index in [2.05, 4.69) is 0 Å². The molecular formula is C18H24N2O4. The fourth-order valence-electron chi connectivity index (χ4n) is 3.18. The summed E-state index contributed by atoms with van der Waals surface area (Å²) in [5.74, 6) is 0.964. The molecule has 1 aromatic carbocycles. The Bertz CT molecular complexity index is 573. The molecule has 2 aliphatic rings. The molecule has 0 radical (unpaired) electrons. The van der Waals surface area contributed by atoms with Crippen LogP contribution in [-0.2, 0) is 20.7 Å². The van der Waals surface area contributed by atoms with Crippen LogP contribution in [0.4, 0.5) is 0 Å². The molecule has 1 atom stereocenters. The van der Waals surface area contributed by atoms with E-state index >= 15 is 0 Å². The number of rotatable bonds is 4. The largest absolute Gasteiger partial charge is 0.497 e. The summed E-state index contributed by atoms with van der Waals surface area (Å²) in [5.41, 5.74) is 0.971. The first-order chi connectivity index (χ1) is 11.7. The van der Waals surface area contributed by atoms with E-state index in [1.807, 2.05) is 34.1 Å². The summed E-state index contributed by atoms with van der Waals surface area (Å²) in [6.45, 7) is 3.04. The third-order valence-electron chi connectivity index (χ3n) is 4.66. The molecule has 2 heterocycles. The Hall–Kier alpha value is -2.08. The lowest BCUT2D eigenvalue weighted by molar-refractivity contribution is -0.145. The van der Waals surface area contributed by atoms with Crippen molar-refractivity contribution in [2.75, 3.05) is 39.9 Å². The van der Waals surface area contributed by atoms with Gasteiger partial charge in [-0.05, 0) is 30.5 Å². The second kappa shape index (κ2) is 7.66. The van der Waals surface area contributed by atoms with Crippen LogP contribution in [0.15, 0.2) is 24.3 Å². The molecule has 0 aromatic heterocycles. The first-order valence-electron chi connectivity index (χ1n) is 8.48. The van der Waals surface area contributed by atoms with Gasteiger partial charge in [-0.1, -0.05) is 12.1 Å². The maximum Gasteiger partial charge on any atom is 0.251 e. The predicted molar refractivity (Wildman–Crippen MR) is 88.8 cm³/mol. The summed E-state index contributed by atoms with van der Waals surface area (Å²) in [6.07, 6.45) is 1.88. The standard InChI is InChI=1S/C18H24N2O4/c1-23-15-6-4-14(5-7-15)13-17(21)19-8-10-20(11-9-19)18(22)16-3-2-12-24-16/h4-7,16H,2-3,8-13H2,1H3. The van der Waals surface area contributed by atoms with Crippen LogP contribution in [0.1, 0.15) is 18.4 Å². The zero-order valence-corrected chi connectivity index (χ0v) is 14.1. The van der Waals surface area contributed by atoms with Crippen molar-refractivity contribution in [2.24, 2.45) is 0 Å². The lowest BCUT2D eigenvalue weighted by atomic mass is 10.1. The minimum Gasteiger partial charge on any atom is -0.497 e. The lowest BCUT2D eigenvalue weighted by Crippen LogP contribution is -2.53. The second-order valence-electron chi connectivity index (χ2n) is 6.23. The fourth-order valence-corrected chi connectivity index (χ4v) is 3.18. The topological polar surface area (TPSA) is 59.1 Å². The van der Waals surface area contributed by atoms with E-state index in [1.165, 1.54) is 0 Å². The third-order valence-corrected chi connectivity index (χ3v) is 4.66. The Labute approximate surface area is 142 Å². The zero-order chi connectivity index (χ0) is 16.9. The van der Waals surface area contributed by atoms with E-state index in [9.17, 15) is 9.59 Å². The number of ether oxygens (including phenoxy) is 2. The van der Waals surface area contributed by atoms with Crippen LogP contribution in [0.2, 0.25) is 0 Å². The highest BCUT2D eigenvalue weighted by atomic mass is 16.5. The number of hydrogen-bond donors (Lipinski definition) is 0. The smallest absolute Gasteiger partial charge is 0.251 e. The highest BCUT2D eigenvalue weighted by Crippen LogP contribution is 2.17. The average Bonchev–Trinajstić information content (AvgIpc) is 3.16. The molecule has 130 valence electrons. The molecule has 3 rings (SSSR count). The van der Waals surface area contributed by atoms with Crippen molar-refractivity contribution in [3.63, 3.8) is 0 Å². The van der Waals surface area contributed by atoms with Crippen molar-refractivity contribution >= 4 is 11.8 Å². The summed E-state index contributed by atoms with van der Waals surface area (Å²) >= 11 is 0. The number of amides is 2. The minimum atomic E-state index is -0.272. The number of carbonyl (C=O) groups is 2. The molecule has 2 saturated heterocycles. The first-order valence-corrected chi connectivity index (χ1v) is 8.48. The summed E-state index contributed by atoms with van der Waals surface area (Å²) in [6, 6.07) is 7.55. The van der Waals surface area contributed by atoms with Crippen LogP contribution < -0.4 is 4.74 Å². The van der Waals surface area contributed by atoms with E-state index in [-0.39, 0.29) is 17.9 Å². The summed E-state index contributed by atoms with van der Waals surface area (Å²) in [7, 11) is 1.62. The van der Waals surface area contributed by atoms with Crippen LogP contribution in [0.5, 0.6) is 5.75 Å². The van der Waals surface area contributed by atoms with Gasteiger partial charge in [0, 0.05) is 32.8 Å². The van der Waals surface area contributed by atoms with Gasteiger partial charge in [0.2, 0.25) is 5.91 Å². The summed E-state index contributed by atoms with van der Waals surface area (Å²) in [5, 5.41) is 0. The van der Waals surface area contributed by atoms with Gasteiger partial charge in [0.05, 0.1) is 13.5 Å². The molecule has 0 bridgehead atoms. The summed E-state index contributed by atoms with van der Waals surface area (Å²) < 4.78 is 10.6. The Morgan fingerprint density at radius 1 is 1.12 bits per heavy atom. The SMILES string of the molecule is COc1ccc(CC(=O)N2CCN(C(=O)C3CCCO3)CC2)cc1. The van der Waals surface area contributed by atoms with Crippen LogP contribution in [0.25, 0.3) is 0 Å². The van der Waals surface area contributed by atoms with Crippen molar-refractivity contribution < 1.29 is 19.1 Å². The van der Waals surface area contributed by atoms with Gasteiger partial charge in [-0.2, -0.15) is 0 Å². The number of piperazine rings is 1. The summed E-state index contributed by atoms with van der Waals surface area (Å²) in [4.78, 5) is 28.4. The van der Waals surface area contributed by atoms with Crippen LogP contribution >= 0.6 is 0 Å². The first kappa shape index (κ1) is 16.8. The zero-order valence-electron chi connectivity index (χ0n) is 14.1. The average molecular weight is 332 g/mol. The second-order valence-corrected chi connectivity index (χ2v) is 6.23. The molecule has 6 nitrogen and oxygen atoms in total. The molecule has 0 saturated carbocycles. The molecule has 2 amide bonds. The number of methoxy groups -OCH3 is 1. The maximum atomic E-state index is 12.4. The van der Waals surface area contributed by atoms with Gasteiger partial charge in [-0.25, -0.2) is 0 Å². The van der Waals surface area contributed by atoms with E-state index in [0.29, 0.717) is 39.2 Å². The highest BCUT2D eigenvalue weighted by Gasteiger charge is 2.31. The monoisotopic (exact) mass is 332 g/mol. The van der Waals surface area contributed by atoms with Crippen LogP contribution in [0.3, 0.4) is 0 Å². The molecule has 6 heteroatoms. The molecule has 1 unspecified atom stereocenters. The predicted octanol–water partition coefficient (Wildman–Crippen LogP) is 1.09. The Kier molecular flexibility index (Phi) is 5.35. The number of carbonyl (C=O) groups excluding carboxylic acids is 2. The van der Waals surface area contributed by atoms with Gasteiger partial charge in [-0.3, -0.25) is 9.59 Å². The molecule has 0 aliphatic carbocycles. The van der Waals surface area contributed by atoms with Gasteiger partial charge < -0.3 is 19.3 Å². The van der Waals surface area contributed by atoms with Gasteiger partial charge in [0.15, 0.2) is 0 Å². The fraction of sp³-hybridized carbons (Fsp3) is 0.556. The van der Waals surface area contributed by atoms with E-state index < -0.39 is 0 Å². The Morgan fingerprint density at radius 2 is 1.79 bits per heavy atom. The van der Waals surface area contributed by atoms with E-state index in [1.54, 1.807) is 7.11 Å². The molecule has 2 aliphatic heterocycles. The van der Waals surface area contributed by atoms with Crippen molar-refractivity contribution in [1.29, 1.82) is 0 Å². The van der Waals surface area contributed by atoms with E-state index in [4.69, 9.17) is 9.47 Å². The molecular weight excluding hydrogens is 308 g/mol. The molecule has 2 fully saturated rings. The highest BCUT2D eigenvalue weighted by molar-refractivity contribution is 5.82. The number of nitrogens with zero attached hydrogens (tertiary/aromatic N) is 2. The van der Waals surface area contributed by atoms with Crippen molar-refractivity contribution in [3.05, 3.63) is 29.8 Å². The molecule has 1 aromatic rings. The molecule has 0 spiro atoms. The lowest BCUT2D eigenvalue weighted by Gasteiger charge is -2.35. The van der Waals surface area contributed by atoms with Crippen LogP contribution in [-0.4, -0.2) is 67.6 Å². The van der Waals surface area contributed by atoms with Gasteiger partial charge in [-0.15, -0.1) is 0 Å².